The van der Waals surface area contributed by atoms with Crippen LogP contribution in [-0.4, -0.2) is 24.9 Å². The van der Waals surface area contributed by atoms with Gasteiger partial charge in [0.25, 0.3) is 0 Å². The summed E-state index contributed by atoms with van der Waals surface area (Å²) in [6.07, 6.45) is 1.68. The van der Waals surface area contributed by atoms with Gasteiger partial charge in [-0.25, -0.2) is 0 Å². The molecule has 116 valence electrons. The maximum absolute atomic E-state index is 11.9. The van der Waals surface area contributed by atoms with Crippen LogP contribution in [0, 0.1) is 5.92 Å². The Hall–Kier alpha value is -1.36. The fourth-order valence-electron chi connectivity index (χ4n) is 2.21. The Labute approximate surface area is 135 Å². The van der Waals surface area contributed by atoms with Crippen molar-refractivity contribution in [3.05, 3.63) is 28.7 Å². The van der Waals surface area contributed by atoms with E-state index in [-0.39, 0.29) is 17.7 Å². The van der Waals surface area contributed by atoms with Crippen molar-refractivity contribution in [2.45, 2.75) is 33.6 Å². The van der Waals surface area contributed by atoms with Crippen molar-refractivity contribution < 1.29 is 9.59 Å². The third-order valence-corrected chi connectivity index (χ3v) is 3.98. The molecule has 0 radical (unpaired) electrons. The molecule has 0 aliphatic carbocycles. The van der Waals surface area contributed by atoms with Crippen molar-refractivity contribution in [2.75, 3.05) is 18.0 Å². The molecule has 0 aliphatic heterocycles. The normalized spacial score (nSPS) is 10.5. The molecule has 0 aromatic heterocycles. The van der Waals surface area contributed by atoms with E-state index in [9.17, 15) is 9.59 Å². The first-order valence-corrected chi connectivity index (χ1v) is 8.10. The number of hydrogen-bond acceptors (Lipinski definition) is 2. The van der Waals surface area contributed by atoms with E-state index in [0.29, 0.717) is 13.1 Å². The number of benzene rings is 1. The molecular weight excluding hydrogens is 332 g/mol. The molecule has 0 heterocycles. The monoisotopic (exact) mass is 354 g/mol. The van der Waals surface area contributed by atoms with Crippen molar-refractivity contribution in [2.24, 2.45) is 5.92 Å². The summed E-state index contributed by atoms with van der Waals surface area (Å²) in [6.45, 7) is 6.48. The standard InChI is InChI=1S/C16H23BrN2O2/c1-4-13(5-2)16(21)18-9-10-19(12(3)20)15-8-6-7-14(17)11-15/h6-8,11,13H,4-5,9-10H2,1-3H3,(H,18,21). The molecule has 0 aliphatic rings. The molecule has 2 amide bonds. The lowest BCUT2D eigenvalue weighted by Gasteiger charge is -2.22. The van der Waals surface area contributed by atoms with E-state index in [4.69, 9.17) is 0 Å². The lowest BCUT2D eigenvalue weighted by molar-refractivity contribution is -0.125. The summed E-state index contributed by atoms with van der Waals surface area (Å²) in [4.78, 5) is 25.4. The zero-order chi connectivity index (χ0) is 15.8. The Balaban J connectivity index is 2.61. The van der Waals surface area contributed by atoms with Crippen molar-refractivity contribution in [1.82, 2.24) is 5.32 Å². The number of rotatable bonds is 7. The highest BCUT2D eigenvalue weighted by molar-refractivity contribution is 9.10. The van der Waals surface area contributed by atoms with Crippen LogP contribution in [0.2, 0.25) is 0 Å². The second kappa shape index (κ2) is 8.82. The van der Waals surface area contributed by atoms with E-state index >= 15 is 0 Å². The second-order valence-corrected chi connectivity index (χ2v) is 5.87. The first-order chi connectivity index (χ1) is 9.99. The Morgan fingerprint density at radius 3 is 2.48 bits per heavy atom. The zero-order valence-electron chi connectivity index (χ0n) is 12.9. The predicted molar refractivity (Wildman–Crippen MR) is 89.3 cm³/mol. The minimum Gasteiger partial charge on any atom is -0.354 e. The topological polar surface area (TPSA) is 49.4 Å². The fraction of sp³-hybridized carbons (Fsp3) is 0.500. The second-order valence-electron chi connectivity index (χ2n) is 4.95. The molecule has 0 atom stereocenters. The quantitative estimate of drug-likeness (QED) is 0.815. The van der Waals surface area contributed by atoms with Crippen molar-refractivity contribution in [3.63, 3.8) is 0 Å². The molecule has 1 aromatic rings. The molecule has 0 bridgehead atoms. The Bertz CT molecular complexity index is 487. The number of carbonyl (C=O) groups excluding carboxylic acids is 2. The van der Waals surface area contributed by atoms with Gasteiger partial charge in [0.1, 0.15) is 0 Å². The van der Waals surface area contributed by atoms with Crippen LogP contribution < -0.4 is 10.2 Å². The zero-order valence-corrected chi connectivity index (χ0v) is 14.4. The van der Waals surface area contributed by atoms with E-state index in [2.05, 4.69) is 21.2 Å². The maximum atomic E-state index is 11.9. The average molecular weight is 355 g/mol. The molecule has 4 nitrogen and oxygen atoms in total. The van der Waals surface area contributed by atoms with Crippen LogP contribution in [0.5, 0.6) is 0 Å². The van der Waals surface area contributed by atoms with Crippen LogP contribution in [0.4, 0.5) is 5.69 Å². The summed E-state index contributed by atoms with van der Waals surface area (Å²) in [5, 5.41) is 2.91. The van der Waals surface area contributed by atoms with Gasteiger partial charge in [0.2, 0.25) is 11.8 Å². The fourth-order valence-corrected chi connectivity index (χ4v) is 2.59. The summed E-state index contributed by atoms with van der Waals surface area (Å²) in [5.74, 6) is 0.0873. The Kier molecular flexibility index (Phi) is 7.43. The molecule has 0 spiro atoms. The van der Waals surface area contributed by atoms with Crippen LogP contribution in [-0.2, 0) is 9.59 Å². The molecule has 0 unspecified atom stereocenters. The third kappa shape index (κ3) is 5.50. The van der Waals surface area contributed by atoms with Crippen LogP contribution in [0.15, 0.2) is 28.7 Å². The highest BCUT2D eigenvalue weighted by Gasteiger charge is 2.15. The van der Waals surface area contributed by atoms with Crippen LogP contribution in [0.1, 0.15) is 33.6 Å². The SMILES string of the molecule is CCC(CC)C(=O)NCCN(C(C)=O)c1cccc(Br)c1. The number of nitrogens with one attached hydrogen (secondary N) is 1. The first kappa shape index (κ1) is 17.7. The van der Waals surface area contributed by atoms with Gasteiger partial charge in [0.15, 0.2) is 0 Å². The Morgan fingerprint density at radius 2 is 1.95 bits per heavy atom. The number of amides is 2. The molecule has 1 aromatic carbocycles. The minimum absolute atomic E-state index is 0.0371. The number of carbonyl (C=O) groups is 2. The maximum Gasteiger partial charge on any atom is 0.223 e. The molecule has 0 saturated carbocycles. The summed E-state index contributed by atoms with van der Waals surface area (Å²) in [6, 6.07) is 7.58. The van der Waals surface area contributed by atoms with Gasteiger partial charge in [-0.1, -0.05) is 35.8 Å². The highest BCUT2D eigenvalue weighted by Crippen LogP contribution is 2.19. The summed E-state index contributed by atoms with van der Waals surface area (Å²) in [5.41, 5.74) is 0.827. The van der Waals surface area contributed by atoms with Crippen molar-refractivity contribution in [1.29, 1.82) is 0 Å². The van der Waals surface area contributed by atoms with Crippen molar-refractivity contribution in [3.8, 4) is 0 Å². The van der Waals surface area contributed by atoms with E-state index < -0.39 is 0 Å². The lowest BCUT2D eigenvalue weighted by atomic mass is 10.0. The van der Waals surface area contributed by atoms with Gasteiger partial charge in [0.05, 0.1) is 0 Å². The molecule has 0 saturated heterocycles. The predicted octanol–water partition coefficient (Wildman–Crippen LogP) is 3.35. The van der Waals surface area contributed by atoms with Gasteiger partial charge >= 0.3 is 0 Å². The first-order valence-electron chi connectivity index (χ1n) is 7.30. The summed E-state index contributed by atoms with van der Waals surface area (Å²) >= 11 is 3.40. The number of anilines is 1. The molecule has 1 N–H and O–H groups in total. The van der Waals surface area contributed by atoms with Gasteiger partial charge in [-0.15, -0.1) is 0 Å². The molecule has 21 heavy (non-hydrogen) atoms. The van der Waals surface area contributed by atoms with E-state index in [1.54, 1.807) is 4.90 Å². The van der Waals surface area contributed by atoms with E-state index in [0.717, 1.165) is 23.0 Å². The molecule has 0 fully saturated rings. The average Bonchev–Trinajstić information content (AvgIpc) is 2.44. The molecule has 1 rings (SSSR count). The van der Waals surface area contributed by atoms with Gasteiger partial charge in [0, 0.05) is 36.1 Å². The minimum atomic E-state index is -0.0371. The summed E-state index contributed by atoms with van der Waals surface area (Å²) < 4.78 is 0.923. The van der Waals surface area contributed by atoms with E-state index in [1.807, 2.05) is 38.1 Å². The Morgan fingerprint density at radius 1 is 1.29 bits per heavy atom. The largest absolute Gasteiger partial charge is 0.354 e. The molecular formula is C16H23BrN2O2. The highest BCUT2D eigenvalue weighted by atomic mass is 79.9. The third-order valence-electron chi connectivity index (χ3n) is 3.49. The molecule has 5 heteroatoms. The van der Waals surface area contributed by atoms with Gasteiger partial charge < -0.3 is 10.2 Å². The van der Waals surface area contributed by atoms with Crippen LogP contribution in [0.3, 0.4) is 0 Å². The van der Waals surface area contributed by atoms with Crippen LogP contribution in [0.25, 0.3) is 0 Å². The van der Waals surface area contributed by atoms with Gasteiger partial charge in [-0.05, 0) is 31.0 Å². The van der Waals surface area contributed by atoms with Crippen molar-refractivity contribution >= 4 is 33.4 Å². The number of halogens is 1. The van der Waals surface area contributed by atoms with Crippen LogP contribution >= 0.6 is 15.9 Å². The lowest BCUT2D eigenvalue weighted by Crippen LogP contribution is -2.39. The smallest absolute Gasteiger partial charge is 0.223 e. The number of hydrogen-bond donors (Lipinski definition) is 1. The summed E-state index contributed by atoms with van der Waals surface area (Å²) in [7, 11) is 0. The van der Waals surface area contributed by atoms with Gasteiger partial charge in [-0.3, -0.25) is 9.59 Å². The van der Waals surface area contributed by atoms with Gasteiger partial charge in [-0.2, -0.15) is 0 Å². The van der Waals surface area contributed by atoms with E-state index in [1.165, 1.54) is 6.92 Å². The number of nitrogens with zero attached hydrogens (tertiary/aromatic N) is 1.